The van der Waals surface area contributed by atoms with Crippen LogP contribution < -0.4 is 16.4 Å². The van der Waals surface area contributed by atoms with Crippen LogP contribution in [-0.4, -0.2) is 35.6 Å². The van der Waals surface area contributed by atoms with Crippen molar-refractivity contribution in [2.75, 3.05) is 6.54 Å². The number of nitrogens with two attached hydrogens (primary N) is 1. The summed E-state index contributed by atoms with van der Waals surface area (Å²) >= 11 is 0. The van der Waals surface area contributed by atoms with Crippen LogP contribution in [0.1, 0.15) is 39.0 Å². The van der Waals surface area contributed by atoms with Crippen LogP contribution >= 0.6 is 0 Å². The fraction of sp³-hybridized carbons (Fsp3) is 0.727. The Kier molecular flexibility index (Phi) is 8.34. The fourth-order valence-corrected chi connectivity index (χ4v) is 1.34. The average molecular weight is 259 g/mol. The van der Waals surface area contributed by atoms with Crippen molar-refractivity contribution in [2.24, 2.45) is 5.73 Å². The second-order valence-corrected chi connectivity index (χ2v) is 4.00. The van der Waals surface area contributed by atoms with Gasteiger partial charge in [-0.3, -0.25) is 4.79 Å². The highest BCUT2D eigenvalue weighted by molar-refractivity contribution is 5.82. The second-order valence-electron chi connectivity index (χ2n) is 4.00. The molecule has 0 saturated heterocycles. The summed E-state index contributed by atoms with van der Waals surface area (Å²) in [7, 11) is 0. The predicted molar refractivity (Wildman–Crippen MR) is 65.9 cm³/mol. The van der Waals surface area contributed by atoms with Crippen LogP contribution in [-0.2, 0) is 9.59 Å². The number of hydrogen-bond donors (Lipinski definition) is 4. The normalized spacial score (nSPS) is 11.6. The molecule has 1 unspecified atom stereocenters. The maximum absolute atomic E-state index is 11.4. The van der Waals surface area contributed by atoms with Gasteiger partial charge in [0.1, 0.15) is 6.04 Å². The smallest absolute Gasteiger partial charge is 0.326 e. The molecule has 0 rings (SSSR count). The number of carboxylic acid groups (broad SMARTS) is 1. The first kappa shape index (κ1) is 16.2. The number of primary amides is 1. The third-order valence-electron chi connectivity index (χ3n) is 2.34. The summed E-state index contributed by atoms with van der Waals surface area (Å²) in [4.78, 5) is 32.7. The van der Waals surface area contributed by atoms with Crippen molar-refractivity contribution in [3.63, 3.8) is 0 Å². The molecule has 0 aromatic carbocycles. The SMILES string of the molecule is CCCCC(NC(=O)NCCCC(N)=O)C(=O)O. The molecule has 0 heterocycles. The van der Waals surface area contributed by atoms with Crippen LogP contribution in [0.4, 0.5) is 4.79 Å². The zero-order valence-electron chi connectivity index (χ0n) is 10.6. The molecule has 3 amide bonds. The number of carboxylic acids is 1. The minimum atomic E-state index is -1.05. The Morgan fingerprint density at radius 2 is 1.94 bits per heavy atom. The van der Waals surface area contributed by atoms with Gasteiger partial charge in [-0.05, 0) is 12.8 Å². The van der Waals surface area contributed by atoms with E-state index in [9.17, 15) is 14.4 Å². The first-order valence-electron chi connectivity index (χ1n) is 6.02. The van der Waals surface area contributed by atoms with Crippen molar-refractivity contribution in [1.29, 1.82) is 0 Å². The van der Waals surface area contributed by atoms with Gasteiger partial charge in [0.25, 0.3) is 0 Å². The van der Waals surface area contributed by atoms with Crippen LogP contribution in [0.2, 0.25) is 0 Å². The van der Waals surface area contributed by atoms with Crippen molar-refractivity contribution in [2.45, 2.75) is 45.1 Å². The Morgan fingerprint density at radius 3 is 2.44 bits per heavy atom. The third-order valence-corrected chi connectivity index (χ3v) is 2.34. The molecule has 0 saturated carbocycles. The minimum absolute atomic E-state index is 0.193. The quantitative estimate of drug-likeness (QED) is 0.442. The van der Waals surface area contributed by atoms with E-state index in [1.807, 2.05) is 6.92 Å². The Bertz CT molecular complexity index is 294. The van der Waals surface area contributed by atoms with Crippen molar-refractivity contribution in [3.05, 3.63) is 0 Å². The lowest BCUT2D eigenvalue weighted by Crippen LogP contribution is -2.46. The molecule has 0 aromatic heterocycles. The maximum atomic E-state index is 11.4. The number of urea groups is 1. The molecule has 0 radical (unpaired) electrons. The van der Waals surface area contributed by atoms with Gasteiger partial charge in [-0.15, -0.1) is 0 Å². The van der Waals surface area contributed by atoms with Crippen molar-refractivity contribution in [3.8, 4) is 0 Å². The Labute approximate surface area is 106 Å². The van der Waals surface area contributed by atoms with E-state index in [1.165, 1.54) is 0 Å². The van der Waals surface area contributed by atoms with Gasteiger partial charge in [-0.2, -0.15) is 0 Å². The average Bonchev–Trinajstić information content (AvgIpc) is 2.29. The number of hydrogen-bond acceptors (Lipinski definition) is 3. The minimum Gasteiger partial charge on any atom is -0.480 e. The number of carbonyl (C=O) groups excluding carboxylic acids is 2. The summed E-state index contributed by atoms with van der Waals surface area (Å²) in [5, 5.41) is 13.7. The Balaban J connectivity index is 3.87. The number of nitrogens with one attached hydrogen (secondary N) is 2. The Hall–Kier alpha value is -1.79. The maximum Gasteiger partial charge on any atom is 0.326 e. The molecule has 0 bridgehead atoms. The summed E-state index contributed by atoms with van der Waals surface area (Å²) in [5.74, 6) is -1.47. The van der Waals surface area contributed by atoms with E-state index in [-0.39, 0.29) is 13.0 Å². The lowest BCUT2D eigenvalue weighted by molar-refractivity contribution is -0.139. The molecule has 0 fully saturated rings. The van der Waals surface area contributed by atoms with E-state index in [1.54, 1.807) is 0 Å². The summed E-state index contributed by atoms with van der Waals surface area (Å²) < 4.78 is 0. The fourth-order valence-electron chi connectivity index (χ4n) is 1.34. The molecule has 0 aliphatic rings. The first-order valence-corrected chi connectivity index (χ1v) is 6.02. The van der Waals surface area contributed by atoms with Gasteiger partial charge in [0, 0.05) is 13.0 Å². The van der Waals surface area contributed by atoms with Crippen molar-refractivity contribution >= 4 is 17.9 Å². The van der Waals surface area contributed by atoms with E-state index in [2.05, 4.69) is 10.6 Å². The summed E-state index contributed by atoms with van der Waals surface area (Å²) in [5.41, 5.74) is 4.94. The highest BCUT2D eigenvalue weighted by Crippen LogP contribution is 2.00. The second kappa shape index (κ2) is 9.26. The molecule has 5 N–H and O–H groups in total. The molecule has 0 aliphatic carbocycles. The van der Waals surface area contributed by atoms with Crippen molar-refractivity contribution < 1.29 is 19.5 Å². The standard InChI is InChI=1S/C11H21N3O4/c1-2-3-5-8(10(16)17)14-11(18)13-7-4-6-9(12)15/h8H,2-7H2,1H3,(H2,12,15)(H,16,17)(H2,13,14,18). The Morgan fingerprint density at radius 1 is 1.28 bits per heavy atom. The number of amides is 3. The van der Waals surface area contributed by atoms with Gasteiger partial charge in [0.2, 0.25) is 5.91 Å². The zero-order valence-corrected chi connectivity index (χ0v) is 10.6. The number of rotatable bonds is 9. The van der Waals surface area contributed by atoms with E-state index in [0.717, 1.165) is 12.8 Å². The topological polar surface area (TPSA) is 122 Å². The van der Waals surface area contributed by atoms with Crippen LogP contribution in [0, 0.1) is 0 Å². The van der Waals surface area contributed by atoms with Gasteiger partial charge < -0.3 is 21.5 Å². The summed E-state index contributed by atoms with van der Waals surface area (Å²) in [6, 6.07) is -1.41. The van der Waals surface area contributed by atoms with Gasteiger partial charge in [0.05, 0.1) is 0 Å². The van der Waals surface area contributed by atoms with E-state index in [4.69, 9.17) is 10.8 Å². The first-order chi connectivity index (χ1) is 8.47. The van der Waals surface area contributed by atoms with Gasteiger partial charge in [-0.1, -0.05) is 19.8 Å². The highest BCUT2D eigenvalue weighted by Gasteiger charge is 2.18. The van der Waals surface area contributed by atoms with Crippen LogP contribution in [0.5, 0.6) is 0 Å². The molecule has 0 aromatic rings. The van der Waals surface area contributed by atoms with E-state index < -0.39 is 23.9 Å². The molecule has 18 heavy (non-hydrogen) atoms. The van der Waals surface area contributed by atoms with E-state index >= 15 is 0 Å². The number of carbonyl (C=O) groups is 3. The summed E-state index contributed by atoms with van der Waals surface area (Å²) in [6.45, 7) is 2.23. The zero-order chi connectivity index (χ0) is 14.0. The summed E-state index contributed by atoms with van der Waals surface area (Å²) in [6.07, 6.45) is 2.64. The predicted octanol–water partition coefficient (Wildman–Crippen LogP) is 0.195. The molecule has 0 spiro atoms. The van der Waals surface area contributed by atoms with Gasteiger partial charge in [-0.25, -0.2) is 9.59 Å². The number of aliphatic carboxylic acids is 1. The lowest BCUT2D eigenvalue weighted by atomic mass is 10.1. The van der Waals surface area contributed by atoms with Crippen molar-refractivity contribution in [1.82, 2.24) is 10.6 Å². The molecule has 1 atom stereocenters. The van der Waals surface area contributed by atoms with Crippen LogP contribution in [0.25, 0.3) is 0 Å². The van der Waals surface area contributed by atoms with E-state index in [0.29, 0.717) is 12.8 Å². The largest absolute Gasteiger partial charge is 0.480 e. The monoisotopic (exact) mass is 259 g/mol. The molecular formula is C11H21N3O4. The highest BCUT2D eigenvalue weighted by atomic mass is 16.4. The lowest BCUT2D eigenvalue weighted by Gasteiger charge is -2.14. The van der Waals surface area contributed by atoms with Gasteiger partial charge in [0.15, 0.2) is 0 Å². The number of unbranched alkanes of at least 4 members (excludes halogenated alkanes) is 1. The van der Waals surface area contributed by atoms with Crippen LogP contribution in [0.3, 0.4) is 0 Å². The molecule has 104 valence electrons. The molecule has 0 aliphatic heterocycles. The van der Waals surface area contributed by atoms with Crippen LogP contribution in [0.15, 0.2) is 0 Å². The third kappa shape index (κ3) is 8.37. The molecule has 7 nitrogen and oxygen atoms in total. The molecule has 7 heteroatoms. The molecular weight excluding hydrogens is 238 g/mol. The van der Waals surface area contributed by atoms with Gasteiger partial charge >= 0.3 is 12.0 Å².